The number of rotatable bonds is 4. The predicted molar refractivity (Wildman–Crippen MR) is 85.6 cm³/mol. The predicted octanol–water partition coefficient (Wildman–Crippen LogP) is 3.18. The van der Waals surface area contributed by atoms with Crippen LogP contribution < -0.4 is 9.47 Å². The second-order valence-electron chi connectivity index (χ2n) is 5.32. The van der Waals surface area contributed by atoms with Gasteiger partial charge in [0.1, 0.15) is 0 Å². The summed E-state index contributed by atoms with van der Waals surface area (Å²) in [5, 5.41) is 0. The Balaban J connectivity index is 1.88. The van der Waals surface area contributed by atoms with Gasteiger partial charge in [0.2, 0.25) is 6.79 Å². The largest absolute Gasteiger partial charge is 0.454 e. The number of carbonyl (C=O) groups is 2. The number of nitrogens with zero attached hydrogens (tertiary/aromatic N) is 1. The van der Waals surface area contributed by atoms with Gasteiger partial charge in [0.05, 0.1) is 12.2 Å². The van der Waals surface area contributed by atoms with Crippen LogP contribution in [0.25, 0.3) is 0 Å². The van der Waals surface area contributed by atoms with Crippen LogP contribution in [0.5, 0.6) is 11.5 Å². The van der Waals surface area contributed by atoms with E-state index in [2.05, 4.69) is 0 Å². The number of alkyl halides is 2. The molecule has 1 aromatic rings. The molecule has 0 atom stereocenters. The molecule has 3 rings (SSSR count). The quantitative estimate of drug-likeness (QED) is 0.778. The molecule has 1 amide bonds. The summed E-state index contributed by atoms with van der Waals surface area (Å²) in [6, 6.07) is 5.38. The van der Waals surface area contributed by atoms with Crippen LogP contribution in [0.1, 0.15) is 24.8 Å². The number of hydrogen-bond acceptors (Lipinski definition) is 4. The topological polar surface area (TPSA) is 55.8 Å². The van der Waals surface area contributed by atoms with Crippen LogP contribution in [0.15, 0.2) is 30.0 Å². The molecule has 0 saturated heterocycles. The Morgan fingerprint density at radius 1 is 1.26 bits per heavy atom. The number of carbonyl (C=O) groups excluding carboxylic acids is 2. The average Bonchev–Trinajstić information content (AvgIpc) is 3.00. The van der Waals surface area contributed by atoms with Gasteiger partial charge in [0, 0.05) is 6.42 Å². The molecule has 0 aromatic heterocycles. The number of Topliss-reactive ketones (excluding diaryl/α,β-unsaturated/α-hetero) is 1. The van der Waals surface area contributed by atoms with Crippen molar-refractivity contribution in [3.63, 3.8) is 0 Å². The third-order valence-corrected chi connectivity index (χ3v) is 4.13. The summed E-state index contributed by atoms with van der Waals surface area (Å²) in [7, 11) is 0. The Morgan fingerprint density at radius 2 is 2.04 bits per heavy atom. The summed E-state index contributed by atoms with van der Waals surface area (Å²) in [5.41, 5.74) is 1.17. The number of fused-ring (bicyclic) bond motifs is 1. The molecule has 5 nitrogen and oxygen atoms in total. The van der Waals surface area contributed by atoms with Gasteiger partial charge in [-0.1, -0.05) is 35.3 Å². The zero-order valence-corrected chi connectivity index (χ0v) is 13.8. The number of amides is 1. The van der Waals surface area contributed by atoms with E-state index >= 15 is 0 Å². The second kappa shape index (κ2) is 6.81. The van der Waals surface area contributed by atoms with Crippen LogP contribution >= 0.6 is 23.2 Å². The van der Waals surface area contributed by atoms with Crippen molar-refractivity contribution in [2.75, 3.05) is 6.79 Å². The lowest BCUT2D eigenvalue weighted by Gasteiger charge is -2.27. The molecule has 2 aliphatic rings. The first-order chi connectivity index (χ1) is 11.1. The molecule has 122 valence electrons. The Bertz CT molecular complexity index is 672. The molecule has 1 aliphatic heterocycles. The van der Waals surface area contributed by atoms with Crippen molar-refractivity contribution in [2.45, 2.75) is 30.6 Å². The molecule has 1 aromatic carbocycles. The van der Waals surface area contributed by atoms with E-state index in [1.54, 1.807) is 18.2 Å². The molecule has 1 heterocycles. The molecule has 0 unspecified atom stereocenters. The minimum atomic E-state index is -1.22. The lowest BCUT2D eigenvalue weighted by atomic mass is 10.0. The molecule has 0 spiro atoms. The molecule has 7 heteroatoms. The number of allylic oxidation sites excluding steroid dienone is 2. The van der Waals surface area contributed by atoms with Crippen molar-refractivity contribution in [3.8, 4) is 11.5 Å². The van der Waals surface area contributed by atoms with Crippen LogP contribution in [0, 0.1) is 0 Å². The molecule has 0 fully saturated rings. The monoisotopic (exact) mass is 355 g/mol. The molecular formula is C16H15Cl2NO4. The normalized spacial score (nSPS) is 16.5. The highest BCUT2D eigenvalue weighted by Gasteiger charge is 2.29. The number of ketones is 1. The molecule has 0 saturated carbocycles. The van der Waals surface area contributed by atoms with E-state index in [1.165, 1.54) is 4.90 Å². The van der Waals surface area contributed by atoms with Crippen molar-refractivity contribution in [2.24, 2.45) is 0 Å². The first-order valence-corrected chi connectivity index (χ1v) is 8.15. The van der Waals surface area contributed by atoms with Gasteiger partial charge in [0.15, 0.2) is 22.1 Å². The van der Waals surface area contributed by atoms with Crippen LogP contribution in [-0.2, 0) is 16.1 Å². The summed E-state index contributed by atoms with van der Waals surface area (Å²) in [6.45, 7) is 0.374. The van der Waals surface area contributed by atoms with Crippen molar-refractivity contribution < 1.29 is 19.1 Å². The van der Waals surface area contributed by atoms with E-state index in [4.69, 9.17) is 32.7 Å². The minimum Gasteiger partial charge on any atom is -0.454 e. The summed E-state index contributed by atoms with van der Waals surface area (Å²) >= 11 is 11.5. The third-order valence-electron chi connectivity index (χ3n) is 3.75. The number of halogens is 2. The summed E-state index contributed by atoms with van der Waals surface area (Å²) in [5.74, 6) is 0.700. The van der Waals surface area contributed by atoms with Gasteiger partial charge in [-0.3, -0.25) is 9.59 Å². The first-order valence-electron chi connectivity index (χ1n) is 7.27. The highest BCUT2D eigenvalue weighted by atomic mass is 35.5. The van der Waals surface area contributed by atoms with Crippen molar-refractivity contribution in [3.05, 3.63) is 35.5 Å². The Kier molecular flexibility index (Phi) is 4.78. The smallest absolute Gasteiger partial charge is 0.260 e. The Hall–Kier alpha value is -1.72. The minimum absolute atomic E-state index is 0.0701. The highest BCUT2D eigenvalue weighted by Crippen LogP contribution is 2.33. The van der Waals surface area contributed by atoms with E-state index < -0.39 is 10.7 Å². The summed E-state index contributed by atoms with van der Waals surface area (Å²) in [4.78, 5) is 24.6. The fraction of sp³-hybridized carbons (Fsp3) is 0.375. The van der Waals surface area contributed by atoms with Crippen molar-refractivity contribution in [1.82, 2.24) is 4.90 Å². The zero-order chi connectivity index (χ0) is 16.4. The molecule has 0 bridgehead atoms. The molecule has 0 radical (unpaired) electrons. The maximum Gasteiger partial charge on any atom is 0.260 e. The standard InChI is InChI=1S/C16H15Cl2NO4/c17-15(18)16(21)19(11-3-1-2-4-12(11)20)8-10-5-6-13-14(7-10)23-9-22-13/h3,5-7,15H,1-2,4,8-9H2. The third kappa shape index (κ3) is 3.46. The Morgan fingerprint density at radius 3 is 2.78 bits per heavy atom. The summed E-state index contributed by atoms with van der Waals surface area (Å²) < 4.78 is 10.6. The molecular weight excluding hydrogens is 341 g/mol. The van der Waals surface area contributed by atoms with E-state index in [1.807, 2.05) is 6.07 Å². The van der Waals surface area contributed by atoms with Gasteiger partial charge in [-0.25, -0.2) is 0 Å². The maximum absolute atomic E-state index is 12.3. The fourth-order valence-electron chi connectivity index (χ4n) is 2.63. The van der Waals surface area contributed by atoms with Gasteiger partial charge < -0.3 is 14.4 Å². The van der Waals surface area contributed by atoms with Crippen LogP contribution in [-0.4, -0.2) is 28.2 Å². The van der Waals surface area contributed by atoms with Crippen molar-refractivity contribution in [1.29, 1.82) is 0 Å². The molecule has 23 heavy (non-hydrogen) atoms. The second-order valence-corrected chi connectivity index (χ2v) is 6.41. The Labute approximate surface area is 143 Å². The van der Waals surface area contributed by atoms with Gasteiger partial charge in [-0.15, -0.1) is 0 Å². The lowest BCUT2D eigenvalue weighted by molar-refractivity contribution is -0.131. The van der Waals surface area contributed by atoms with Crippen LogP contribution in [0.2, 0.25) is 0 Å². The van der Waals surface area contributed by atoms with E-state index in [9.17, 15) is 9.59 Å². The van der Waals surface area contributed by atoms with Gasteiger partial charge >= 0.3 is 0 Å². The first kappa shape index (κ1) is 16.1. The molecule has 0 N–H and O–H groups in total. The number of ether oxygens (including phenoxy) is 2. The van der Waals surface area contributed by atoms with E-state index in [-0.39, 0.29) is 19.1 Å². The van der Waals surface area contributed by atoms with Crippen LogP contribution in [0.4, 0.5) is 0 Å². The lowest BCUT2D eigenvalue weighted by Crippen LogP contribution is -2.37. The maximum atomic E-state index is 12.3. The van der Waals surface area contributed by atoms with Crippen molar-refractivity contribution >= 4 is 34.9 Å². The fourth-order valence-corrected chi connectivity index (χ4v) is 2.86. The van der Waals surface area contributed by atoms with Gasteiger partial charge in [0.25, 0.3) is 5.91 Å². The SMILES string of the molecule is O=C1CCCC=C1N(Cc1ccc2c(c1)OCO2)C(=O)C(Cl)Cl. The average molecular weight is 356 g/mol. The molecule has 1 aliphatic carbocycles. The van der Waals surface area contributed by atoms with Crippen LogP contribution in [0.3, 0.4) is 0 Å². The zero-order valence-electron chi connectivity index (χ0n) is 12.3. The summed E-state index contributed by atoms with van der Waals surface area (Å²) in [6.07, 6.45) is 3.74. The van der Waals surface area contributed by atoms with E-state index in [0.717, 1.165) is 18.4 Å². The van der Waals surface area contributed by atoms with Gasteiger partial charge in [-0.2, -0.15) is 0 Å². The number of benzene rings is 1. The van der Waals surface area contributed by atoms with Gasteiger partial charge in [-0.05, 0) is 30.5 Å². The van der Waals surface area contributed by atoms with E-state index in [0.29, 0.717) is 23.6 Å². The highest BCUT2D eigenvalue weighted by molar-refractivity contribution is 6.53. The number of hydrogen-bond donors (Lipinski definition) is 0.